The third-order valence-electron chi connectivity index (χ3n) is 5.39. The number of aliphatic hydroxyl groups is 1. The summed E-state index contributed by atoms with van der Waals surface area (Å²) in [4.78, 5) is 25.4. The number of carbonyl (C=O) groups is 2. The molecule has 1 atom stereocenters. The van der Waals surface area contributed by atoms with E-state index >= 15 is 0 Å². The van der Waals surface area contributed by atoms with Crippen LogP contribution >= 0.6 is 0 Å². The van der Waals surface area contributed by atoms with Crippen molar-refractivity contribution in [1.29, 1.82) is 0 Å². The number of allylic oxidation sites excluding steroid dienone is 2. The van der Waals surface area contributed by atoms with Crippen molar-refractivity contribution in [3.8, 4) is 17.2 Å². The average Bonchev–Trinajstić information content (AvgIpc) is 3.04. The lowest BCUT2D eigenvalue weighted by molar-refractivity contribution is -0.169. The van der Waals surface area contributed by atoms with Crippen LogP contribution in [0.3, 0.4) is 0 Å². The molecular weight excluding hydrogens is 428 g/mol. The summed E-state index contributed by atoms with van der Waals surface area (Å²) in [6.45, 7) is 3.86. The Morgan fingerprint density at radius 2 is 1.76 bits per heavy atom. The van der Waals surface area contributed by atoms with E-state index < -0.39 is 23.3 Å². The van der Waals surface area contributed by atoms with E-state index in [1.165, 1.54) is 37.4 Å². The highest BCUT2D eigenvalue weighted by Crippen LogP contribution is 2.44. The maximum absolute atomic E-state index is 13.0. The third-order valence-corrected chi connectivity index (χ3v) is 5.39. The lowest BCUT2D eigenvalue weighted by atomic mass is 9.82. The van der Waals surface area contributed by atoms with Crippen molar-refractivity contribution in [3.05, 3.63) is 70.5 Å². The molecule has 33 heavy (non-hydrogen) atoms. The van der Waals surface area contributed by atoms with Crippen molar-refractivity contribution in [1.82, 2.24) is 0 Å². The van der Waals surface area contributed by atoms with Crippen molar-refractivity contribution in [2.45, 2.75) is 32.3 Å². The van der Waals surface area contributed by atoms with Gasteiger partial charge in [0.05, 0.1) is 19.8 Å². The van der Waals surface area contributed by atoms with Gasteiger partial charge in [-0.25, -0.2) is 9.59 Å². The zero-order valence-electron chi connectivity index (χ0n) is 18.8. The van der Waals surface area contributed by atoms with Gasteiger partial charge in [0.15, 0.2) is 11.5 Å². The smallest absolute Gasteiger partial charge is 0.375 e. The van der Waals surface area contributed by atoms with Crippen molar-refractivity contribution < 1.29 is 39.1 Å². The first-order valence-corrected chi connectivity index (χ1v) is 10.2. The third kappa shape index (κ3) is 4.50. The average molecular weight is 454 g/mol. The van der Waals surface area contributed by atoms with Crippen LogP contribution in [-0.4, -0.2) is 47.1 Å². The number of rotatable bonds is 7. The number of esters is 2. The van der Waals surface area contributed by atoms with Crippen molar-refractivity contribution in [3.63, 3.8) is 0 Å². The zero-order valence-corrected chi connectivity index (χ0v) is 18.8. The molecule has 0 saturated heterocycles. The predicted octanol–water partition coefficient (Wildman–Crippen LogP) is 3.60. The molecule has 3 N–H and O–H groups in total. The van der Waals surface area contributed by atoms with Crippen molar-refractivity contribution in [2.75, 3.05) is 14.2 Å². The molecule has 3 rings (SSSR count). The van der Waals surface area contributed by atoms with Crippen molar-refractivity contribution in [2.24, 2.45) is 0 Å². The first-order valence-electron chi connectivity index (χ1n) is 10.2. The number of methoxy groups -OCH3 is 2. The Hall–Kier alpha value is -3.94. The van der Waals surface area contributed by atoms with E-state index in [1.807, 2.05) is 19.9 Å². The Balaban J connectivity index is 2.17. The molecule has 2 aromatic rings. The second-order valence-corrected chi connectivity index (χ2v) is 7.95. The van der Waals surface area contributed by atoms with E-state index in [-0.39, 0.29) is 29.2 Å². The summed E-state index contributed by atoms with van der Waals surface area (Å²) in [5.74, 6) is -2.55. The molecule has 0 amide bonds. The maximum Gasteiger partial charge on any atom is 0.375 e. The highest BCUT2D eigenvalue weighted by molar-refractivity contribution is 6.11. The number of benzene rings is 2. The summed E-state index contributed by atoms with van der Waals surface area (Å²) < 4.78 is 15.7. The van der Waals surface area contributed by atoms with Crippen LogP contribution in [0, 0.1) is 0 Å². The van der Waals surface area contributed by atoms with Crippen LogP contribution in [-0.2, 0) is 31.9 Å². The molecule has 0 radical (unpaired) electrons. The van der Waals surface area contributed by atoms with Crippen LogP contribution in [0.1, 0.15) is 30.5 Å². The van der Waals surface area contributed by atoms with Gasteiger partial charge < -0.3 is 29.5 Å². The van der Waals surface area contributed by atoms with Crippen LogP contribution in [0.15, 0.2) is 53.8 Å². The van der Waals surface area contributed by atoms with Crippen LogP contribution in [0.5, 0.6) is 17.2 Å². The molecule has 1 heterocycles. The fraction of sp³-hybridized carbons (Fsp3) is 0.280. The molecule has 8 heteroatoms. The van der Waals surface area contributed by atoms with E-state index in [1.54, 1.807) is 6.07 Å². The van der Waals surface area contributed by atoms with Gasteiger partial charge in [-0.15, -0.1) is 0 Å². The van der Waals surface area contributed by atoms with Gasteiger partial charge in [0.2, 0.25) is 11.4 Å². The normalized spacial score (nSPS) is 17.5. The Morgan fingerprint density at radius 1 is 1.09 bits per heavy atom. The molecule has 0 fully saturated rings. The van der Waals surface area contributed by atoms with E-state index in [4.69, 9.17) is 14.2 Å². The molecule has 0 aromatic heterocycles. The van der Waals surface area contributed by atoms with E-state index in [2.05, 4.69) is 0 Å². The highest BCUT2D eigenvalue weighted by atomic mass is 16.6. The minimum absolute atomic E-state index is 0.0278. The van der Waals surface area contributed by atoms with Gasteiger partial charge in [-0.2, -0.15) is 0 Å². The number of hydrogen-bond acceptors (Lipinski definition) is 8. The quantitative estimate of drug-likeness (QED) is 0.429. The molecule has 1 aliphatic heterocycles. The number of phenolic OH excluding ortho intramolecular Hbond substituents is 2. The maximum atomic E-state index is 13.0. The van der Waals surface area contributed by atoms with E-state index in [0.717, 1.165) is 12.7 Å². The number of hydrogen-bond donors (Lipinski definition) is 3. The first-order chi connectivity index (χ1) is 15.6. The fourth-order valence-electron chi connectivity index (χ4n) is 3.80. The number of aromatic hydroxyl groups is 2. The second kappa shape index (κ2) is 9.28. The van der Waals surface area contributed by atoms with Crippen LogP contribution in [0.25, 0.3) is 5.57 Å². The topological polar surface area (TPSA) is 123 Å². The van der Waals surface area contributed by atoms with E-state index in [9.17, 15) is 24.9 Å². The number of aliphatic hydroxyl groups excluding tert-OH is 1. The molecular formula is C25H26O8. The molecule has 0 aliphatic carbocycles. The molecule has 1 aliphatic rings. The number of ether oxygens (including phenoxy) is 3. The van der Waals surface area contributed by atoms with Crippen LogP contribution < -0.4 is 4.74 Å². The summed E-state index contributed by atoms with van der Waals surface area (Å²) in [6, 6.07) is 8.85. The summed E-state index contributed by atoms with van der Waals surface area (Å²) in [7, 11) is 2.56. The summed E-state index contributed by atoms with van der Waals surface area (Å²) >= 11 is 0. The largest absolute Gasteiger partial charge is 0.508 e. The predicted molar refractivity (Wildman–Crippen MR) is 120 cm³/mol. The molecule has 1 unspecified atom stereocenters. The summed E-state index contributed by atoms with van der Waals surface area (Å²) in [5, 5.41) is 30.7. The van der Waals surface area contributed by atoms with Gasteiger partial charge in [0.1, 0.15) is 5.75 Å². The SMILES string of the molecule is COC(=O)C1(Cc2cc(CC=C(C)C)c(O)c(OC)c2)OC(=O)C(O)=C1c1ccc(O)cc1. The van der Waals surface area contributed by atoms with Gasteiger partial charge in [0.25, 0.3) is 0 Å². The summed E-state index contributed by atoms with van der Waals surface area (Å²) in [6.07, 6.45) is 2.15. The lowest BCUT2D eigenvalue weighted by Gasteiger charge is -2.28. The Bertz CT molecular complexity index is 1140. The number of phenols is 2. The zero-order chi connectivity index (χ0) is 24.3. The highest BCUT2D eigenvalue weighted by Gasteiger charge is 2.55. The van der Waals surface area contributed by atoms with Crippen molar-refractivity contribution >= 4 is 17.5 Å². The molecule has 2 aromatic carbocycles. The molecule has 0 spiro atoms. The summed E-state index contributed by atoms with van der Waals surface area (Å²) in [5.41, 5.74) is 0.356. The van der Waals surface area contributed by atoms with Crippen LogP contribution in [0.2, 0.25) is 0 Å². The molecule has 0 saturated carbocycles. The minimum atomic E-state index is -1.98. The Morgan fingerprint density at radius 3 is 2.33 bits per heavy atom. The van der Waals surface area contributed by atoms with Gasteiger partial charge >= 0.3 is 11.9 Å². The van der Waals surface area contributed by atoms with Gasteiger partial charge in [-0.3, -0.25) is 0 Å². The number of carbonyl (C=O) groups excluding carboxylic acids is 2. The lowest BCUT2D eigenvalue weighted by Crippen LogP contribution is -2.44. The monoisotopic (exact) mass is 454 g/mol. The van der Waals surface area contributed by atoms with Gasteiger partial charge in [-0.05, 0) is 49.6 Å². The number of cyclic esters (lactones) is 1. The Labute approximate surface area is 191 Å². The molecule has 8 nitrogen and oxygen atoms in total. The fourth-order valence-corrected chi connectivity index (χ4v) is 3.80. The van der Waals surface area contributed by atoms with Crippen LogP contribution in [0.4, 0.5) is 0 Å². The van der Waals surface area contributed by atoms with Gasteiger partial charge in [-0.1, -0.05) is 29.8 Å². The first kappa shape index (κ1) is 23.7. The standard InChI is InChI=1S/C25H26O8/c1-14(2)5-6-17-11-15(12-19(31-3)21(17)27)13-25(24(30)32-4)20(22(28)23(29)33-25)16-7-9-18(26)10-8-16/h5,7-12,26-28H,6,13H2,1-4H3. The second-order valence-electron chi connectivity index (χ2n) is 7.95. The van der Waals surface area contributed by atoms with E-state index in [0.29, 0.717) is 23.1 Å². The van der Waals surface area contributed by atoms with Gasteiger partial charge in [0, 0.05) is 12.0 Å². The molecule has 174 valence electrons. The minimum Gasteiger partial charge on any atom is -0.508 e. The molecule has 0 bridgehead atoms. The Kier molecular flexibility index (Phi) is 6.67.